The number of likely N-dealkylation sites (tertiary alicyclic amines) is 1. The summed E-state index contributed by atoms with van der Waals surface area (Å²) in [5, 5.41) is 9.85. The largest absolute Gasteiger partial charge is 0.497 e. The van der Waals surface area contributed by atoms with Gasteiger partial charge in [0.05, 0.1) is 19.0 Å². The van der Waals surface area contributed by atoms with Gasteiger partial charge in [-0.25, -0.2) is 9.97 Å². The van der Waals surface area contributed by atoms with Gasteiger partial charge in [0, 0.05) is 30.9 Å². The minimum atomic E-state index is -0.809. The van der Waals surface area contributed by atoms with Gasteiger partial charge in [-0.2, -0.15) is 0 Å². The van der Waals surface area contributed by atoms with Gasteiger partial charge in [-0.15, -0.1) is 0 Å². The standard InChI is InChI=1S/C19H21N5O3/c1-27-14-4-2-3-12(7-14)15-9-24(19-17(15)18(20)21-11-22-19)13-5-6-23(8-13)10-16(25)26/h2-4,7,9,11,13H,5-6,8,10H2,1H3,(H,25,26)(H2,20,21,22). The summed E-state index contributed by atoms with van der Waals surface area (Å²) in [6.45, 7) is 1.46. The number of nitrogens with zero attached hydrogens (tertiary/aromatic N) is 4. The Kier molecular flexibility index (Phi) is 4.41. The van der Waals surface area contributed by atoms with Crippen LogP contribution in [0.1, 0.15) is 12.5 Å². The van der Waals surface area contributed by atoms with Crippen LogP contribution in [0.15, 0.2) is 36.8 Å². The molecule has 0 saturated carbocycles. The molecule has 1 saturated heterocycles. The van der Waals surface area contributed by atoms with E-state index in [2.05, 4.69) is 14.5 Å². The summed E-state index contributed by atoms with van der Waals surface area (Å²) >= 11 is 0. The first kappa shape index (κ1) is 17.3. The number of rotatable bonds is 5. The Morgan fingerprint density at radius 1 is 1.41 bits per heavy atom. The van der Waals surface area contributed by atoms with E-state index in [1.165, 1.54) is 6.33 Å². The van der Waals surface area contributed by atoms with Gasteiger partial charge < -0.3 is 20.1 Å². The second-order valence-electron chi connectivity index (χ2n) is 6.71. The minimum Gasteiger partial charge on any atom is -0.497 e. The van der Waals surface area contributed by atoms with E-state index >= 15 is 0 Å². The number of fused-ring (bicyclic) bond motifs is 1. The van der Waals surface area contributed by atoms with E-state index in [9.17, 15) is 4.79 Å². The third-order valence-electron chi connectivity index (χ3n) is 5.02. The summed E-state index contributed by atoms with van der Waals surface area (Å²) in [4.78, 5) is 21.6. The van der Waals surface area contributed by atoms with Gasteiger partial charge in [-0.05, 0) is 24.1 Å². The number of methoxy groups -OCH3 is 1. The lowest BCUT2D eigenvalue weighted by Crippen LogP contribution is -2.27. The molecule has 3 heterocycles. The highest BCUT2D eigenvalue weighted by molar-refractivity contribution is 6.00. The summed E-state index contributed by atoms with van der Waals surface area (Å²) in [5.74, 6) is 0.380. The van der Waals surface area contributed by atoms with Crippen LogP contribution < -0.4 is 10.5 Å². The van der Waals surface area contributed by atoms with Crippen LogP contribution in [0.4, 0.5) is 5.82 Å². The van der Waals surface area contributed by atoms with Crippen LogP contribution in [-0.4, -0.2) is 57.3 Å². The highest BCUT2D eigenvalue weighted by atomic mass is 16.5. The molecule has 140 valence electrons. The van der Waals surface area contributed by atoms with Crippen molar-refractivity contribution in [2.75, 3.05) is 32.5 Å². The molecule has 8 heteroatoms. The molecule has 8 nitrogen and oxygen atoms in total. The van der Waals surface area contributed by atoms with Crippen molar-refractivity contribution in [3.63, 3.8) is 0 Å². The number of aromatic nitrogens is 3. The molecule has 1 aliphatic rings. The van der Waals surface area contributed by atoms with Crippen molar-refractivity contribution in [3.8, 4) is 16.9 Å². The fourth-order valence-electron chi connectivity index (χ4n) is 3.77. The second-order valence-corrected chi connectivity index (χ2v) is 6.71. The van der Waals surface area contributed by atoms with E-state index < -0.39 is 5.97 Å². The average Bonchev–Trinajstić information content (AvgIpc) is 3.26. The van der Waals surface area contributed by atoms with E-state index in [0.29, 0.717) is 12.4 Å². The highest BCUT2D eigenvalue weighted by Crippen LogP contribution is 2.37. The summed E-state index contributed by atoms with van der Waals surface area (Å²) in [6, 6.07) is 7.92. The molecule has 0 aliphatic carbocycles. The first-order valence-corrected chi connectivity index (χ1v) is 8.76. The van der Waals surface area contributed by atoms with E-state index in [1.54, 1.807) is 7.11 Å². The molecule has 1 aliphatic heterocycles. The maximum absolute atomic E-state index is 11.0. The van der Waals surface area contributed by atoms with Gasteiger partial charge in [0.15, 0.2) is 0 Å². The zero-order valence-corrected chi connectivity index (χ0v) is 15.0. The van der Waals surface area contributed by atoms with Crippen molar-refractivity contribution in [1.29, 1.82) is 0 Å². The normalized spacial score (nSPS) is 17.4. The third kappa shape index (κ3) is 3.19. The molecule has 0 bridgehead atoms. The lowest BCUT2D eigenvalue weighted by molar-refractivity contribution is -0.138. The number of anilines is 1. The van der Waals surface area contributed by atoms with Crippen molar-refractivity contribution in [3.05, 3.63) is 36.8 Å². The molecule has 3 N–H and O–H groups in total. The van der Waals surface area contributed by atoms with Gasteiger partial charge in [0.25, 0.3) is 0 Å². The van der Waals surface area contributed by atoms with Crippen LogP contribution in [0.3, 0.4) is 0 Å². The predicted octanol–water partition coefficient (Wildman–Crippen LogP) is 2.02. The van der Waals surface area contributed by atoms with Crippen LogP contribution in [0.5, 0.6) is 5.75 Å². The molecular weight excluding hydrogens is 346 g/mol. The van der Waals surface area contributed by atoms with Crippen molar-refractivity contribution >= 4 is 22.8 Å². The Morgan fingerprint density at radius 2 is 2.26 bits per heavy atom. The predicted molar refractivity (Wildman–Crippen MR) is 102 cm³/mol. The number of nitrogen functional groups attached to an aromatic ring is 1. The zero-order chi connectivity index (χ0) is 19.0. The number of carboxylic acid groups (broad SMARTS) is 1. The van der Waals surface area contributed by atoms with Crippen LogP contribution in [0.2, 0.25) is 0 Å². The highest BCUT2D eigenvalue weighted by Gasteiger charge is 2.28. The van der Waals surface area contributed by atoms with Crippen LogP contribution in [0.25, 0.3) is 22.2 Å². The number of hydrogen-bond acceptors (Lipinski definition) is 6. The molecule has 1 fully saturated rings. The Labute approximate surface area is 156 Å². The average molecular weight is 367 g/mol. The van der Waals surface area contributed by atoms with Gasteiger partial charge in [0.1, 0.15) is 23.5 Å². The summed E-state index contributed by atoms with van der Waals surface area (Å²) in [7, 11) is 1.63. The Hall–Kier alpha value is -3.13. The molecular formula is C19H21N5O3. The van der Waals surface area contributed by atoms with Crippen molar-refractivity contribution in [1.82, 2.24) is 19.4 Å². The third-order valence-corrected chi connectivity index (χ3v) is 5.02. The van der Waals surface area contributed by atoms with Crippen LogP contribution in [0, 0.1) is 0 Å². The van der Waals surface area contributed by atoms with E-state index in [-0.39, 0.29) is 12.6 Å². The van der Waals surface area contributed by atoms with Gasteiger partial charge in [0.2, 0.25) is 0 Å². The molecule has 1 atom stereocenters. The first-order chi connectivity index (χ1) is 13.1. The number of hydrogen-bond donors (Lipinski definition) is 2. The summed E-state index contributed by atoms with van der Waals surface area (Å²) in [6.07, 6.45) is 4.37. The van der Waals surface area contributed by atoms with E-state index in [4.69, 9.17) is 15.6 Å². The zero-order valence-electron chi connectivity index (χ0n) is 15.0. The lowest BCUT2D eigenvalue weighted by Gasteiger charge is -2.15. The Balaban J connectivity index is 1.79. The molecule has 0 amide bonds. The van der Waals surface area contributed by atoms with Crippen LogP contribution >= 0.6 is 0 Å². The maximum Gasteiger partial charge on any atom is 0.317 e. The molecule has 2 aromatic heterocycles. The second kappa shape index (κ2) is 6.88. The number of carbonyl (C=O) groups is 1. The topological polar surface area (TPSA) is 106 Å². The number of benzene rings is 1. The van der Waals surface area contributed by atoms with Crippen molar-refractivity contribution in [2.24, 2.45) is 0 Å². The molecule has 1 aromatic carbocycles. The SMILES string of the molecule is COc1cccc(-c2cn(C3CCN(CC(=O)O)C3)c3ncnc(N)c23)c1. The van der Waals surface area contributed by atoms with Crippen LogP contribution in [-0.2, 0) is 4.79 Å². The van der Waals surface area contributed by atoms with Crippen molar-refractivity contribution < 1.29 is 14.6 Å². The molecule has 4 rings (SSSR count). The van der Waals surface area contributed by atoms with Crippen molar-refractivity contribution in [2.45, 2.75) is 12.5 Å². The molecule has 27 heavy (non-hydrogen) atoms. The fourth-order valence-corrected chi connectivity index (χ4v) is 3.77. The molecule has 3 aromatic rings. The molecule has 0 radical (unpaired) electrons. The first-order valence-electron chi connectivity index (χ1n) is 8.76. The van der Waals surface area contributed by atoms with Gasteiger partial charge >= 0.3 is 5.97 Å². The smallest absolute Gasteiger partial charge is 0.317 e. The Morgan fingerprint density at radius 3 is 3.04 bits per heavy atom. The number of nitrogens with two attached hydrogens (primary N) is 1. The fraction of sp³-hybridized carbons (Fsp3) is 0.316. The number of carboxylic acids is 1. The quantitative estimate of drug-likeness (QED) is 0.710. The summed E-state index contributed by atoms with van der Waals surface area (Å²) < 4.78 is 7.45. The lowest BCUT2D eigenvalue weighted by atomic mass is 10.1. The monoisotopic (exact) mass is 367 g/mol. The van der Waals surface area contributed by atoms with E-state index in [0.717, 1.165) is 40.9 Å². The molecule has 0 spiro atoms. The van der Waals surface area contributed by atoms with Gasteiger partial charge in [-0.3, -0.25) is 9.69 Å². The van der Waals surface area contributed by atoms with Gasteiger partial charge in [-0.1, -0.05) is 12.1 Å². The maximum atomic E-state index is 11.0. The Bertz CT molecular complexity index is 1000. The van der Waals surface area contributed by atoms with E-state index in [1.807, 2.05) is 35.4 Å². The summed E-state index contributed by atoms with van der Waals surface area (Å²) in [5.41, 5.74) is 8.87. The minimum absolute atomic E-state index is 0.0512. The molecule has 1 unspecified atom stereocenters. The number of ether oxygens (including phenoxy) is 1. The number of aliphatic carboxylic acids is 1.